The summed E-state index contributed by atoms with van der Waals surface area (Å²) < 4.78 is 44.0. The van der Waals surface area contributed by atoms with Gasteiger partial charge >= 0.3 is 12.1 Å². The van der Waals surface area contributed by atoms with Gasteiger partial charge < -0.3 is 40.0 Å². The van der Waals surface area contributed by atoms with Crippen LogP contribution in [-0.2, 0) is 14.3 Å². The molecule has 1 aromatic heterocycles. The summed E-state index contributed by atoms with van der Waals surface area (Å²) in [5, 5.41) is 17.1. The first-order valence-corrected chi connectivity index (χ1v) is 16.8. The van der Waals surface area contributed by atoms with Crippen molar-refractivity contribution in [2.24, 2.45) is 5.92 Å². The number of aromatic carboxylic acids is 1. The van der Waals surface area contributed by atoms with Gasteiger partial charge in [-0.1, -0.05) is 13.8 Å². The third-order valence-electron chi connectivity index (χ3n) is 8.45. The lowest BCUT2D eigenvalue weighted by atomic mass is 10.0. The molecule has 50 heavy (non-hydrogen) atoms. The summed E-state index contributed by atoms with van der Waals surface area (Å²) >= 11 is 0. The van der Waals surface area contributed by atoms with Gasteiger partial charge in [-0.25, -0.2) is 18.4 Å². The molecule has 15 heteroatoms. The Labute approximate surface area is 289 Å². The van der Waals surface area contributed by atoms with Gasteiger partial charge in [-0.05, 0) is 77.4 Å². The van der Waals surface area contributed by atoms with Gasteiger partial charge in [-0.2, -0.15) is 0 Å². The number of amides is 3. The molecule has 0 radical (unpaired) electrons. The van der Waals surface area contributed by atoms with Crippen molar-refractivity contribution in [3.63, 3.8) is 0 Å². The van der Waals surface area contributed by atoms with Gasteiger partial charge in [0.1, 0.15) is 34.8 Å². The summed E-state index contributed by atoms with van der Waals surface area (Å²) in [6.45, 7) is 10.1. The molecule has 3 amide bonds. The van der Waals surface area contributed by atoms with E-state index in [-0.39, 0.29) is 47.3 Å². The molecule has 2 heterocycles. The first-order chi connectivity index (χ1) is 23.4. The second-order valence-corrected chi connectivity index (χ2v) is 14.3. The molecule has 2 fully saturated rings. The second-order valence-electron chi connectivity index (χ2n) is 14.3. The van der Waals surface area contributed by atoms with Crippen LogP contribution in [0.1, 0.15) is 90.0 Å². The zero-order valence-corrected chi connectivity index (χ0v) is 29.6. The first kappa shape index (κ1) is 38.1. The number of fused-ring (bicyclic) bond motifs is 1. The van der Waals surface area contributed by atoms with Gasteiger partial charge in [-0.15, -0.1) is 0 Å². The van der Waals surface area contributed by atoms with Crippen molar-refractivity contribution in [3.05, 3.63) is 45.3 Å². The Morgan fingerprint density at radius 2 is 1.78 bits per heavy atom. The average Bonchev–Trinajstić information content (AvgIpc) is 3.87. The van der Waals surface area contributed by atoms with Crippen LogP contribution >= 0.6 is 0 Å². The Hall–Kier alpha value is -4.69. The molecule has 13 nitrogen and oxygen atoms in total. The van der Waals surface area contributed by atoms with Crippen LogP contribution in [0.4, 0.5) is 19.3 Å². The summed E-state index contributed by atoms with van der Waals surface area (Å²) in [7, 11) is 1.34. The number of pyridine rings is 1. The number of carboxylic acids is 1. The molecule has 2 atom stereocenters. The third-order valence-corrected chi connectivity index (χ3v) is 8.45. The number of carbonyl (C=O) groups is 4. The first-order valence-electron chi connectivity index (χ1n) is 16.8. The fourth-order valence-corrected chi connectivity index (χ4v) is 5.97. The zero-order chi connectivity index (χ0) is 37.1. The largest absolute Gasteiger partial charge is 0.492 e. The second kappa shape index (κ2) is 15.5. The highest BCUT2D eigenvalue weighted by atomic mass is 19.1. The SMILES string of the molecule is COc1c(N2CCC/C(=C(\F)CNC(=O)[C@H](CC(C)C)NC(=O)C(C)NC(=O)OC(C)(C)C)C2)c(F)cc2c(=O)c(C(=O)O)cn(C3CC3)c12. The maximum atomic E-state index is 15.8. The lowest BCUT2D eigenvalue weighted by Crippen LogP contribution is -2.53. The zero-order valence-electron chi connectivity index (χ0n) is 29.6. The van der Waals surface area contributed by atoms with Crippen LogP contribution in [0.2, 0.25) is 0 Å². The van der Waals surface area contributed by atoms with Gasteiger partial charge in [0.2, 0.25) is 17.2 Å². The van der Waals surface area contributed by atoms with Crippen molar-refractivity contribution in [2.45, 2.75) is 97.4 Å². The molecule has 0 spiro atoms. The lowest BCUT2D eigenvalue weighted by molar-refractivity contribution is -0.130. The number of rotatable bonds is 12. The summed E-state index contributed by atoms with van der Waals surface area (Å²) in [4.78, 5) is 64.6. The Kier molecular flexibility index (Phi) is 11.8. The van der Waals surface area contributed by atoms with E-state index in [1.807, 2.05) is 13.8 Å². The minimum absolute atomic E-state index is 0.00545. The Morgan fingerprint density at radius 1 is 1.10 bits per heavy atom. The number of aromatic nitrogens is 1. The summed E-state index contributed by atoms with van der Waals surface area (Å²) in [6, 6.07) is -1.07. The number of halogens is 2. The molecule has 4 N–H and O–H groups in total. The monoisotopic (exact) mass is 703 g/mol. The third kappa shape index (κ3) is 9.10. The van der Waals surface area contributed by atoms with E-state index in [0.717, 1.165) is 18.9 Å². The number of hydrogen-bond acceptors (Lipinski definition) is 8. The van der Waals surface area contributed by atoms with Crippen molar-refractivity contribution >= 4 is 40.5 Å². The van der Waals surface area contributed by atoms with Crippen LogP contribution in [0.15, 0.2) is 28.5 Å². The number of hydrogen-bond donors (Lipinski definition) is 4. The highest BCUT2D eigenvalue weighted by molar-refractivity contribution is 5.97. The Bertz CT molecular complexity index is 1750. The molecule has 2 aromatic rings. The molecule has 1 saturated carbocycles. The van der Waals surface area contributed by atoms with Crippen molar-refractivity contribution in [1.82, 2.24) is 20.5 Å². The van der Waals surface area contributed by atoms with E-state index in [1.54, 1.807) is 30.2 Å². The maximum Gasteiger partial charge on any atom is 0.408 e. The molecule has 0 bridgehead atoms. The Balaban J connectivity index is 1.52. The molecule has 4 rings (SSSR count). The van der Waals surface area contributed by atoms with Crippen LogP contribution in [0, 0.1) is 11.7 Å². The van der Waals surface area contributed by atoms with Gasteiger partial charge in [-0.3, -0.25) is 14.4 Å². The highest BCUT2D eigenvalue weighted by Gasteiger charge is 2.33. The fourth-order valence-electron chi connectivity index (χ4n) is 5.97. The van der Waals surface area contributed by atoms with Crippen LogP contribution < -0.4 is 31.0 Å². The number of nitrogens with one attached hydrogen (secondary N) is 3. The van der Waals surface area contributed by atoms with Gasteiger partial charge in [0.25, 0.3) is 0 Å². The average molecular weight is 704 g/mol. The number of nitrogens with zero attached hydrogens (tertiary/aromatic N) is 2. The number of benzene rings is 1. The van der Waals surface area contributed by atoms with Crippen molar-refractivity contribution in [3.8, 4) is 5.75 Å². The van der Waals surface area contributed by atoms with Gasteiger partial charge in [0.15, 0.2) is 11.6 Å². The van der Waals surface area contributed by atoms with Gasteiger partial charge in [0.05, 0.1) is 24.6 Å². The van der Waals surface area contributed by atoms with E-state index >= 15 is 8.78 Å². The number of carboxylic acid groups (broad SMARTS) is 1. The van der Waals surface area contributed by atoms with E-state index in [2.05, 4.69) is 16.0 Å². The van der Waals surface area contributed by atoms with Crippen molar-refractivity contribution < 1.29 is 42.5 Å². The van der Waals surface area contributed by atoms with Gasteiger partial charge in [0, 0.05) is 25.3 Å². The van der Waals surface area contributed by atoms with Crippen LogP contribution in [-0.4, -0.2) is 78.0 Å². The molecular weight excluding hydrogens is 656 g/mol. The molecular formula is C35H47F2N5O8. The fraction of sp³-hybridized carbons (Fsp3) is 0.571. The van der Waals surface area contributed by atoms with Crippen molar-refractivity contribution in [2.75, 3.05) is 31.6 Å². The number of piperidine rings is 1. The molecule has 2 aliphatic rings. The normalized spacial score (nSPS) is 17.2. The Morgan fingerprint density at radius 3 is 2.36 bits per heavy atom. The molecule has 1 unspecified atom stereocenters. The van der Waals surface area contributed by atoms with Crippen LogP contribution in [0.25, 0.3) is 10.9 Å². The quantitative estimate of drug-likeness (QED) is 0.248. The van der Waals surface area contributed by atoms with E-state index < -0.39 is 70.7 Å². The minimum Gasteiger partial charge on any atom is -0.492 e. The number of carbonyl (C=O) groups excluding carboxylic acids is 3. The summed E-state index contributed by atoms with van der Waals surface area (Å²) in [5.41, 5.74) is -1.42. The topological polar surface area (TPSA) is 168 Å². The van der Waals surface area contributed by atoms with Crippen LogP contribution in [0.5, 0.6) is 5.75 Å². The highest BCUT2D eigenvalue weighted by Crippen LogP contribution is 2.44. The molecule has 1 saturated heterocycles. The predicted molar refractivity (Wildman–Crippen MR) is 183 cm³/mol. The smallest absolute Gasteiger partial charge is 0.408 e. The predicted octanol–water partition coefficient (Wildman–Crippen LogP) is 4.57. The molecule has 274 valence electrons. The number of methoxy groups -OCH3 is 1. The number of ether oxygens (including phenoxy) is 2. The van der Waals surface area contributed by atoms with E-state index in [1.165, 1.54) is 20.2 Å². The number of alkyl carbamates (subject to hydrolysis) is 1. The minimum atomic E-state index is -1.41. The van der Waals surface area contributed by atoms with E-state index in [4.69, 9.17) is 9.47 Å². The van der Waals surface area contributed by atoms with Crippen LogP contribution in [0.3, 0.4) is 0 Å². The summed E-state index contributed by atoms with van der Waals surface area (Å²) in [5.74, 6) is -4.01. The van der Waals surface area contributed by atoms with E-state index in [9.17, 15) is 29.1 Å². The van der Waals surface area contributed by atoms with Crippen molar-refractivity contribution in [1.29, 1.82) is 0 Å². The van der Waals surface area contributed by atoms with E-state index in [0.29, 0.717) is 25.0 Å². The molecule has 1 aliphatic carbocycles. The summed E-state index contributed by atoms with van der Waals surface area (Å²) in [6.07, 6.45) is 3.05. The molecule has 1 aliphatic heterocycles. The standard InChI is InChI=1S/C35H47F2N5O8/c1-18(2)13-26(40-31(44)19(3)39-34(48)50-35(4,5)6)32(45)38-15-25(37)20-9-8-12-41(16-20)28-24(36)14-22-27(30(28)49-7)42(21-10-11-21)17-23(29(22)43)33(46)47/h14,17-19,21,26H,8-13,15-16H2,1-7H3,(H,38,45)(H,39,48)(H,40,44)(H,46,47)/b25-20+/t19?,26-/m0/s1. The number of anilines is 1. The maximum absolute atomic E-state index is 15.8. The lowest BCUT2D eigenvalue weighted by Gasteiger charge is -2.33. The molecule has 1 aromatic carbocycles.